The Kier molecular flexibility index (Phi) is 3.89. The predicted molar refractivity (Wildman–Crippen MR) is 69.7 cm³/mol. The standard InChI is InChI=1S/C13H12ClN3O/c1-2-3-12(17-9-15-8-16-17)13(18)10-4-6-11(14)7-5-10/h2,4-9,12H,1,3H2. The van der Waals surface area contributed by atoms with E-state index in [0.717, 1.165) is 0 Å². The Bertz CT molecular complexity index is 534. The van der Waals surface area contributed by atoms with Crippen LogP contribution in [0.1, 0.15) is 22.8 Å². The maximum absolute atomic E-state index is 12.4. The number of ketones is 1. The predicted octanol–water partition coefficient (Wildman–Crippen LogP) is 2.93. The molecule has 0 aliphatic carbocycles. The van der Waals surface area contributed by atoms with Gasteiger partial charge in [-0.25, -0.2) is 9.67 Å². The van der Waals surface area contributed by atoms with E-state index in [-0.39, 0.29) is 5.78 Å². The number of hydrogen-bond donors (Lipinski definition) is 0. The van der Waals surface area contributed by atoms with Gasteiger partial charge in [0.25, 0.3) is 0 Å². The molecule has 1 aromatic heterocycles. The Labute approximate surface area is 110 Å². The minimum atomic E-state index is -0.411. The lowest BCUT2D eigenvalue weighted by Crippen LogP contribution is -2.19. The fourth-order valence-electron chi connectivity index (χ4n) is 1.68. The van der Waals surface area contributed by atoms with Crippen molar-refractivity contribution in [3.8, 4) is 0 Å². The lowest BCUT2D eigenvalue weighted by Gasteiger charge is -2.13. The van der Waals surface area contributed by atoms with E-state index in [9.17, 15) is 4.79 Å². The van der Waals surface area contributed by atoms with E-state index in [1.54, 1.807) is 35.0 Å². The molecule has 0 bridgehead atoms. The number of hydrogen-bond acceptors (Lipinski definition) is 3. The van der Waals surface area contributed by atoms with Gasteiger partial charge in [-0.2, -0.15) is 5.10 Å². The zero-order valence-electron chi connectivity index (χ0n) is 9.66. The van der Waals surface area contributed by atoms with Gasteiger partial charge in [-0.15, -0.1) is 6.58 Å². The molecule has 0 saturated heterocycles. The third-order valence-electron chi connectivity index (χ3n) is 2.58. The Hall–Kier alpha value is -1.94. The summed E-state index contributed by atoms with van der Waals surface area (Å²) in [4.78, 5) is 16.2. The highest BCUT2D eigenvalue weighted by Crippen LogP contribution is 2.19. The van der Waals surface area contributed by atoms with Crippen molar-refractivity contribution in [2.24, 2.45) is 0 Å². The van der Waals surface area contributed by atoms with Gasteiger partial charge in [-0.05, 0) is 30.7 Å². The lowest BCUT2D eigenvalue weighted by molar-refractivity contribution is 0.0918. The first-order valence-electron chi connectivity index (χ1n) is 5.47. The quantitative estimate of drug-likeness (QED) is 0.614. The van der Waals surface area contributed by atoms with Crippen LogP contribution >= 0.6 is 11.6 Å². The van der Waals surface area contributed by atoms with Crippen LogP contribution < -0.4 is 0 Å². The van der Waals surface area contributed by atoms with Crippen molar-refractivity contribution in [1.29, 1.82) is 0 Å². The first-order chi connectivity index (χ1) is 8.72. The second kappa shape index (κ2) is 5.60. The van der Waals surface area contributed by atoms with Crippen molar-refractivity contribution in [3.63, 3.8) is 0 Å². The van der Waals surface area contributed by atoms with Crippen LogP contribution in [0, 0.1) is 0 Å². The Morgan fingerprint density at radius 3 is 2.72 bits per heavy atom. The highest BCUT2D eigenvalue weighted by atomic mass is 35.5. The molecule has 0 spiro atoms. The van der Waals surface area contributed by atoms with Crippen LogP contribution in [0.3, 0.4) is 0 Å². The van der Waals surface area contributed by atoms with E-state index in [0.29, 0.717) is 17.0 Å². The zero-order chi connectivity index (χ0) is 13.0. The molecule has 0 saturated carbocycles. The first kappa shape index (κ1) is 12.5. The van der Waals surface area contributed by atoms with Crippen molar-refractivity contribution in [1.82, 2.24) is 14.8 Å². The number of carbonyl (C=O) groups excluding carboxylic acids is 1. The number of allylic oxidation sites excluding steroid dienone is 1. The van der Waals surface area contributed by atoms with E-state index >= 15 is 0 Å². The molecule has 0 aliphatic rings. The minimum Gasteiger partial charge on any atom is -0.292 e. The van der Waals surface area contributed by atoms with Gasteiger partial charge < -0.3 is 0 Å². The molecule has 18 heavy (non-hydrogen) atoms. The lowest BCUT2D eigenvalue weighted by atomic mass is 10.0. The topological polar surface area (TPSA) is 47.8 Å². The number of benzene rings is 1. The zero-order valence-corrected chi connectivity index (χ0v) is 10.4. The molecule has 92 valence electrons. The Balaban J connectivity index is 2.28. The number of carbonyl (C=O) groups is 1. The maximum Gasteiger partial charge on any atom is 0.187 e. The summed E-state index contributed by atoms with van der Waals surface area (Å²) < 4.78 is 1.54. The summed E-state index contributed by atoms with van der Waals surface area (Å²) in [5.74, 6) is -0.0305. The molecule has 2 aromatic rings. The van der Waals surface area contributed by atoms with Crippen molar-refractivity contribution >= 4 is 17.4 Å². The molecule has 4 nitrogen and oxygen atoms in total. The highest BCUT2D eigenvalue weighted by molar-refractivity contribution is 6.30. The molecule has 0 radical (unpaired) electrons. The summed E-state index contributed by atoms with van der Waals surface area (Å²) >= 11 is 5.80. The summed E-state index contributed by atoms with van der Waals surface area (Å²) in [6.45, 7) is 3.67. The van der Waals surface area contributed by atoms with E-state index < -0.39 is 6.04 Å². The molecule has 2 rings (SSSR count). The number of Topliss-reactive ketones (excluding diaryl/α,β-unsaturated/α-hetero) is 1. The first-order valence-corrected chi connectivity index (χ1v) is 5.85. The van der Waals surface area contributed by atoms with E-state index in [2.05, 4.69) is 16.7 Å². The molecule has 0 fully saturated rings. The van der Waals surface area contributed by atoms with Crippen molar-refractivity contribution in [2.75, 3.05) is 0 Å². The van der Waals surface area contributed by atoms with E-state index in [4.69, 9.17) is 11.6 Å². The van der Waals surface area contributed by atoms with Gasteiger partial charge in [0, 0.05) is 10.6 Å². The molecule has 0 aliphatic heterocycles. The van der Waals surface area contributed by atoms with Crippen LogP contribution in [0.5, 0.6) is 0 Å². The second-order valence-electron chi connectivity index (χ2n) is 3.79. The molecule has 1 atom stereocenters. The summed E-state index contributed by atoms with van der Waals surface area (Å²) in [5, 5.41) is 4.61. The number of halogens is 1. The summed E-state index contributed by atoms with van der Waals surface area (Å²) in [6.07, 6.45) is 5.14. The molecular formula is C13H12ClN3O. The van der Waals surface area contributed by atoms with E-state index in [1.807, 2.05) is 0 Å². The maximum atomic E-state index is 12.4. The third kappa shape index (κ3) is 2.65. The fourth-order valence-corrected chi connectivity index (χ4v) is 1.80. The van der Waals surface area contributed by atoms with Crippen molar-refractivity contribution in [2.45, 2.75) is 12.5 Å². The van der Waals surface area contributed by atoms with E-state index in [1.165, 1.54) is 12.7 Å². The SMILES string of the molecule is C=CCC(C(=O)c1ccc(Cl)cc1)n1cncn1. The van der Waals surface area contributed by atoms with Crippen LogP contribution in [-0.4, -0.2) is 20.5 Å². The summed E-state index contributed by atoms with van der Waals surface area (Å²) in [6, 6.07) is 6.39. The molecular weight excluding hydrogens is 250 g/mol. The van der Waals surface area contributed by atoms with Crippen LogP contribution in [0.15, 0.2) is 49.6 Å². The van der Waals surface area contributed by atoms with Gasteiger partial charge in [-0.1, -0.05) is 17.7 Å². The molecule has 5 heteroatoms. The van der Waals surface area contributed by atoms with Crippen LogP contribution in [-0.2, 0) is 0 Å². The highest BCUT2D eigenvalue weighted by Gasteiger charge is 2.21. The van der Waals surface area contributed by atoms with Gasteiger partial charge in [0.2, 0.25) is 0 Å². The molecule has 1 unspecified atom stereocenters. The number of nitrogens with zero attached hydrogens (tertiary/aromatic N) is 3. The Morgan fingerprint density at radius 1 is 1.44 bits per heavy atom. The second-order valence-corrected chi connectivity index (χ2v) is 4.22. The minimum absolute atomic E-state index is 0.0305. The van der Waals surface area contributed by atoms with Gasteiger partial charge >= 0.3 is 0 Å². The van der Waals surface area contributed by atoms with Gasteiger partial charge in [0.15, 0.2) is 5.78 Å². The molecule has 1 heterocycles. The summed E-state index contributed by atoms with van der Waals surface area (Å²) in [5.41, 5.74) is 0.599. The van der Waals surface area contributed by atoms with Gasteiger partial charge in [-0.3, -0.25) is 4.79 Å². The van der Waals surface area contributed by atoms with Gasteiger partial charge in [0.1, 0.15) is 18.7 Å². The monoisotopic (exact) mass is 261 g/mol. The van der Waals surface area contributed by atoms with Crippen molar-refractivity contribution in [3.05, 3.63) is 60.2 Å². The fraction of sp³-hybridized carbons (Fsp3) is 0.154. The number of rotatable bonds is 5. The third-order valence-corrected chi connectivity index (χ3v) is 2.83. The van der Waals surface area contributed by atoms with Crippen LogP contribution in [0.25, 0.3) is 0 Å². The summed E-state index contributed by atoms with van der Waals surface area (Å²) in [7, 11) is 0. The average Bonchev–Trinajstić information content (AvgIpc) is 2.90. The average molecular weight is 262 g/mol. The molecule has 1 aromatic carbocycles. The molecule has 0 amide bonds. The molecule has 0 N–H and O–H groups in total. The number of aromatic nitrogens is 3. The Morgan fingerprint density at radius 2 is 2.17 bits per heavy atom. The van der Waals surface area contributed by atoms with Crippen molar-refractivity contribution < 1.29 is 4.79 Å². The smallest absolute Gasteiger partial charge is 0.187 e. The van der Waals surface area contributed by atoms with Crippen LogP contribution in [0.2, 0.25) is 5.02 Å². The van der Waals surface area contributed by atoms with Gasteiger partial charge in [0.05, 0.1) is 0 Å². The normalized spacial score (nSPS) is 12.1. The largest absolute Gasteiger partial charge is 0.292 e. The van der Waals surface area contributed by atoms with Crippen LogP contribution in [0.4, 0.5) is 0 Å².